The van der Waals surface area contributed by atoms with Crippen molar-refractivity contribution >= 4 is 17.5 Å². The van der Waals surface area contributed by atoms with E-state index in [1.807, 2.05) is 0 Å². The van der Waals surface area contributed by atoms with E-state index in [0.717, 1.165) is 12.1 Å². The van der Waals surface area contributed by atoms with Crippen LogP contribution in [0.25, 0.3) is 0 Å². The number of phenols is 4. The summed E-state index contributed by atoms with van der Waals surface area (Å²) in [5.74, 6) is -6.90. The molecule has 3 aliphatic carbocycles. The fourth-order valence-electron chi connectivity index (χ4n) is 6.88. The average molecular weight is 561 g/mol. The smallest absolute Gasteiger partial charge is 0.339 e. The van der Waals surface area contributed by atoms with Gasteiger partial charge < -0.3 is 40.9 Å². The summed E-state index contributed by atoms with van der Waals surface area (Å²) in [5, 5.41) is 86.1. The first kappa shape index (κ1) is 26.5. The van der Waals surface area contributed by atoms with E-state index in [4.69, 9.17) is 0 Å². The molecular weight excluding hydrogens is 536 g/mol. The SMILES string of the molecule is Cc1cc(O)c(C(=O)O)c([C@H](O)[C@]23Cc4cc(O)c5c(c4[C@H]2C=C[C@@H](O)[C@H]3O)C(=O)c2c(O)ccc(O)c2C5=O)c1. The van der Waals surface area contributed by atoms with Crippen LogP contribution < -0.4 is 0 Å². The molecule has 3 aliphatic rings. The monoisotopic (exact) mass is 560 g/mol. The Morgan fingerprint density at radius 2 is 1.44 bits per heavy atom. The molecule has 0 fully saturated rings. The van der Waals surface area contributed by atoms with Gasteiger partial charge in [-0.1, -0.05) is 18.2 Å². The number of phenolic OH excluding ortho intramolecular Hbond substituents is 3. The first-order chi connectivity index (χ1) is 19.3. The third-order valence-electron chi connectivity index (χ3n) is 8.57. The lowest BCUT2D eigenvalue weighted by atomic mass is 9.61. The summed E-state index contributed by atoms with van der Waals surface area (Å²) >= 11 is 0. The van der Waals surface area contributed by atoms with Gasteiger partial charge >= 0.3 is 5.97 Å². The number of carboxylic acid groups (broad SMARTS) is 1. The van der Waals surface area contributed by atoms with E-state index in [2.05, 4.69) is 0 Å². The first-order valence-electron chi connectivity index (χ1n) is 12.6. The van der Waals surface area contributed by atoms with Gasteiger partial charge in [-0.15, -0.1) is 0 Å². The predicted octanol–water partition coefficient (Wildman–Crippen LogP) is 1.94. The normalized spacial score (nSPS) is 24.8. The number of aryl methyl sites for hydroxylation is 1. The van der Waals surface area contributed by atoms with Crippen molar-refractivity contribution in [1.82, 2.24) is 0 Å². The highest BCUT2D eigenvalue weighted by molar-refractivity contribution is 6.31. The quantitative estimate of drug-likeness (QED) is 0.134. The number of aliphatic hydroxyl groups excluding tert-OH is 3. The van der Waals surface area contributed by atoms with Crippen LogP contribution in [0, 0.1) is 12.3 Å². The van der Waals surface area contributed by atoms with E-state index in [0.29, 0.717) is 5.56 Å². The molecule has 0 heterocycles. The Kier molecular flexibility index (Phi) is 5.59. The van der Waals surface area contributed by atoms with Crippen LogP contribution in [0.5, 0.6) is 23.0 Å². The summed E-state index contributed by atoms with van der Waals surface area (Å²) in [7, 11) is 0. The first-order valence-corrected chi connectivity index (χ1v) is 12.6. The van der Waals surface area contributed by atoms with Crippen LogP contribution >= 0.6 is 0 Å². The van der Waals surface area contributed by atoms with Gasteiger partial charge in [-0.05, 0) is 59.9 Å². The summed E-state index contributed by atoms with van der Waals surface area (Å²) < 4.78 is 0. The average Bonchev–Trinajstić information content (AvgIpc) is 3.24. The fourth-order valence-corrected chi connectivity index (χ4v) is 6.88. The molecule has 0 aromatic heterocycles. The van der Waals surface area contributed by atoms with Gasteiger partial charge in [0, 0.05) is 16.9 Å². The number of benzene rings is 3. The minimum absolute atomic E-state index is 0.125. The highest BCUT2D eigenvalue weighted by Gasteiger charge is 2.60. The molecule has 0 amide bonds. The van der Waals surface area contributed by atoms with Crippen molar-refractivity contribution in [2.45, 2.75) is 37.6 Å². The number of hydrogen-bond acceptors (Lipinski definition) is 10. The summed E-state index contributed by atoms with van der Waals surface area (Å²) in [5.41, 5.74) is -3.67. The molecular formula is C30H24O11. The minimum Gasteiger partial charge on any atom is -0.507 e. The van der Waals surface area contributed by atoms with Gasteiger partial charge in [-0.2, -0.15) is 0 Å². The Hall–Kier alpha value is -4.71. The maximum absolute atomic E-state index is 13.9. The lowest BCUT2D eigenvalue weighted by Crippen LogP contribution is -2.51. The number of carbonyl (C=O) groups is 3. The van der Waals surface area contributed by atoms with Crippen molar-refractivity contribution in [3.05, 3.63) is 92.6 Å². The number of aromatic hydroxyl groups is 4. The molecule has 0 unspecified atom stereocenters. The second kappa shape index (κ2) is 8.64. The molecule has 3 aromatic rings. The zero-order valence-electron chi connectivity index (χ0n) is 21.4. The molecule has 11 nitrogen and oxygen atoms in total. The van der Waals surface area contributed by atoms with Gasteiger partial charge in [-0.3, -0.25) is 9.59 Å². The number of carbonyl (C=O) groups excluding carboxylic acids is 2. The van der Waals surface area contributed by atoms with Gasteiger partial charge in [0.1, 0.15) is 28.6 Å². The van der Waals surface area contributed by atoms with Crippen molar-refractivity contribution in [2.75, 3.05) is 0 Å². The van der Waals surface area contributed by atoms with E-state index in [-0.39, 0.29) is 28.7 Å². The summed E-state index contributed by atoms with van der Waals surface area (Å²) in [6.45, 7) is 1.56. The molecule has 210 valence electrons. The van der Waals surface area contributed by atoms with Crippen molar-refractivity contribution in [1.29, 1.82) is 0 Å². The number of aromatic carboxylic acids is 1. The lowest BCUT2D eigenvalue weighted by Gasteiger charge is -2.46. The molecule has 0 aliphatic heterocycles. The number of ketones is 2. The van der Waals surface area contributed by atoms with E-state index in [1.54, 1.807) is 6.92 Å². The van der Waals surface area contributed by atoms with Crippen molar-refractivity contribution in [2.24, 2.45) is 5.41 Å². The molecule has 0 spiro atoms. The Morgan fingerprint density at radius 1 is 0.854 bits per heavy atom. The Morgan fingerprint density at radius 3 is 2.05 bits per heavy atom. The molecule has 0 radical (unpaired) electrons. The van der Waals surface area contributed by atoms with Crippen LogP contribution in [-0.4, -0.2) is 70.6 Å². The maximum Gasteiger partial charge on any atom is 0.339 e. The molecule has 8 N–H and O–H groups in total. The van der Waals surface area contributed by atoms with Crippen molar-refractivity contribution in [3.63, 3.8) is 0 Å². The Labute approximate surface area is 231 Å². The van der Waals surface area contributed by atoms with E-state index in [1.165, 1.54) is 30.4 Å². The number of allylic oxidation sites excluding steroid dienone is 1. The standard InChI is InChI=1S/C30H24O11/c1-10-6-12(20(29(40)41)17(34)7-10)27(38)30-9-11-8-18(35)23-24(19(11)13(30)2-3-16(33)28(30)39)26(37)22-15(32)5-4-14(31)21(22)25(23)36/h2-8,13,16,27-28,31-35,38-39H,9H2,1H3,(H,40,41)/t13-,16-,27+,28-,30+/m1/s1. The van der Waals surface area contributed by atoms with Crippen LogP contribution in [0.1, 0.15) is 76.5 Å². The van der Waals surface area contributed by atoms with Crippen molar-refractivity contribution in [3.8, 4) is 23.0 Å². The number of fused-ring (bicyclic) bond motifs is 6. The van der Waals surface area contributed by atoms with E-state index >= 15 is 0 Å². The van der Waals surface area contributed by atoms with Crippen LogP contribution in [-0.2, 0) is 6.42 Å². The Balaban J connectivity index is 1.64. The van der Waals surface area contributed by atoms with Gasteiger partial charge in [0.2, 0.25) is 5.78 Å². The molecule has 0 bridgehead atoms. The zero-order valence-corrected chi connectivity index (χ0v) is 21.4. The largest absolute Gasteiger partial charge is 0.507 e. The van der Waals surface area contributed by atoms with Gasteiger partial charge in [-0.25, -0.2) is 4.79 Å². The summed E-state index contributed by atoms with van der Waals surface area (Å²) in [4.78, 5) is 39.5. The third kappa shape index (κ3) is 3.34. The highest BCUT2D eigenvalue weighted by Crippen LogP contribution is 2.62. The molecule has 41 heavy (non-hydrogen) atoms. The summed E-state index contributed by atoms with van der Waals surface area (Å²) in [6.07, 6.45) is -2.72. The predicted molar refractivity (Wildman–Crippen MR) is 140 cm³/mol. The number of hydrogen-bond donors (Lipinski definition) is 8. The third-order valence-corrected chi connectivity index (χ3v) is 8.57. The Bertz CT molecular complexity index is 1750. The van der Waals surface area contributed by atoms with Crippen molar-refractivity contribution < 1.29 is 55.2 Å². The second-order valence-corrected chi connectivity index (χ2v) is 10.8. The molecule has 0 saturated carbocycles. The van der Waals surface area contributed by atoms with Gasteiger partial charge in [0.15, 0.2) is 5.78 Å². The molecule has 0 saturated heterocycles. The lowest BCUT2D eigenvalue weighted by molar-refractivity contribution is -0.119. The van der Waals surface area contributed by atoms with Gasteiger partial charge in [0.05, 0.1) is 35.0 Å². The van der Waals surface area contributed by atoms with Crippen LogP contribution in [0.4, 0.5) is 0 Å². The van der Waals surface area contributed by atoms with Crippen LogP contribution in [0.3, 0.4) is 0 Å². The van der Waals surface area contributed by atoms with Gasteiger partial charge in [0.25, 0.3) is 0 Å². The number of aliphatic hydroxyl groups is 3. The fraction of sp³-hybridized carbons (Fsp3) is 0.233. The van der Waals surface area contributed by atoms with Crippen LogP contribution in [0.15, 0.2) is 42.5 Å². The number of carboxylic acids is 1. The minimum atomic E-state index is -1.84. The molecule has 3 aromatic carbocycles. The molecule has 6 rings (SSSR count). The number of rotatable bonds is 3. The van der Waals surface area contributed by atoms with Crippen LogP contribution in [0.2, 0.25) is 0 Å². The molecule has 5 atom stereocenters. The topological polar surface area (TPSA) is 213 Å². The van der Waals surface area contributed by atoms with E-state index in [9.17, 15) is 55.2 Å². The molecule has 11 heteroatoms. The summed E-state index contributed by atoms with van der Waals surface area (Å²) in [6, 6.07) is 5.80. The second-order valence-electron chi connectivity index (χ2n) is 10.8. The van der Waals surface area contributed by atoms with E-state index < -0.39 is 92.4 Å². The highest BCUT2D eigenvalue weighted by atomic mass is 16.4. The zero-order chi connectivity index (χ0) is 29.7. The maximum atomic E-state index is 13.9.